The first-order chi connectivity index (χ1) is 6.17. The van der Waals surface area contributed by atoms with Crippen molar-refractivity contribution < 1.29 is 0 Å². The van der Waals surface area contributed by atoms with Gasteiger partial charge in [0.15, 0.2) is 0 Å². The Morgan fingerprint density at radius 2 is 1.77 bits per heavy atom. The molecule has 4 atom stereocenters. The van der Waals surface area contributed by atoms with Gasteiger partial charge < -0.3 is 0 Å². The summed E-state index contributed by atoms with van der Waals surface area (Å²) in [4.78, 5) is 0. The first-order valence-electron chi connectivity index (χ1n) is 6.17. The molecule has 0 saturated heterocycles. The van der Waals surface area contributed by atoms with Crippen molar-refractivity contribution in [2.45, 2.75) is 59.8 Å². The largest absolute Gasteiger partial charge is 0.0651 e. The normalized spacial score (nSPS) is 36.5. The molecule has 1 saturated carbocycles. The van der Waals surface area contributed by atoms with Crippen LogP contribution < -0.4 is 0 Å². The van der Waals surface area contributed by atoms with Gasteiger partial charge in [0.1, 0.15) is 0 Å². The molecule has 1 fully saturated rings. The van der Waals surface area contributed by atoms with Crippen molar-refractivity contribution in [3.8, 4) is 0 Å². The van der Waals surface area contributed by atoms with Crippen molar-refractivity contribution in [2.24, 2.45) is 23.7 Å². The lowest BCUT2D eigenvalue weighted by Gasteiger charge is -2.20. The molecule has 0 N–H and O–H groups in total. The summed E-state index contributed by atoms with van der Waals surface area (Å²) < 4.78 is 0. The molecule has 0 heteroatoms. The molecule has 1 aliphatic carbocycles. The Morgan fingerprint density at radius 3 is 2.31 bits per heavy atom. The smallest absolute Gasteiger partial charge is 0.0381 e. The molecule has 1 aliphatic rings. The van der Waals surface area contributed by atoms with Crippen LogP contribution in [0, 0.1) is 23.7 Å². The molecule has 0 aromatic carbocycles. The maximum Gasteiger partial charge on any atom is -0.0381 e. The minimum absolute atomic E-state index is 0.948. The SMILES string of the molecule is CCC(C)CC1CC(C)CC1CC. The van der Waals surface area contributed by atoms with Crippen molar-refractivity contribution >= 4 is 0 Å². The van der Waals surface area contributed by atoms with Crippen LogP contribution in [0.15, 0.2) is 0 Å². The zero-order chi connectivity index (χ0) is 9.84. The lowest BCUT2D eigenvalue weighted by molar-refractivity contribution is 0.302. The van der Waals surface area contributed by atoms with E-state index in [1.165, 1.54) is 32.1 Å². The van der Waals surface area contributed by atoms with Crippen LogP contribution in [0.4, 0.5) is 0 Å². The second kappa shape index (κ2) is 5.02. The van der Waals surface area contributed by atoms with E-state index >= 15 is 0 Å². The molecule has 0 heterocycles. The summed E-state index contributed by atoms with van der Waals surface area (Å²) in [6.07, 6.45) is 7.26. The molecule has 0 bridgehead atoms. The molecule has 0 aromatic rings. The van der Waals surface area contributed by atoms with E-state index in [4.69, 9.17) is 0 Å². The summed E-state index contributed by atoms with van der Waals surface area (Å²) in [7, 11) is 0. The molecule has 0 spiro atoms. The van der Waals surface area contributed by atoms with Crippen molar-refractivity contribution in [1.29, 1.82) is 0 Å². The van der Waals surface area contributed by atoms with Crippen molar-refractivity contribution in [3.63, 3.8) is 0 Å². The lowest BCUT2D eigenvalue weighted by atomic mass is 9.85. The highest BCUT2D eigenvalue weighted by Gasteiger charge is 2.30. The molecule has 13 heavy (non-hydrogen) atoms. The summed E-state index contributed by atoms with van der Waals surface area (Å²) in [5.74, 6) is 4.04. The van der Waals surface area contributed by atoms with Gasteiger partial charge in [-0.05, 0) is 42.9 Å². The predicted octanol–water partition coefficient (Wildman–Crippen LogP) is 4.49. The fourth-order valence-electron chi connectivity index (χ4n) is 2.99. The van der Waals surface area contributed by atoms with E-state index in [9.17, 15) is 0 Å². The second-order valence-corrected chi connectivity index (χ2v) is 5.25. The highest BCUT2D eigenvalue weighted by atomic mass is 14.4. The Kier molecular flexibility index (Phi) is 4.28. The molecule has 1 rings (SSSR count). The molecule has 0 aromatic heterocycles. The maximum absolute atomic E-state index is 2.43. The molecule has 0 amide bonds. The summed E-state index contributed by atoms with van der Waals surface area (Å²) in [5.41, 5.74) is 0. The van der Waals surface area contributed by atoms with Crippen molar-refractivity contribution in [1.82, 2.24) is 0 Å². The molecule has 0 radical (unpaired) electrons. The summed E-state index contributed by atoms with van der Waals surface area (Å²) in [5, 5.41) is 0. The molecule has 4 unspecified atom stereocenters. The van der Waals surface area contributed by atoms with Gasteiger partial charge in [0.05, 0.1) is 0 Å². The highest BCUT2D eigenvalue weighted by Crippen LogP contribution is 2.41. The number of hydrogen-bond donors (Lipinski definition) is 0. The highest BCUT2D eigenvalue weighted by molar-refractivity contribution is 4.81. The van der Waals surface area contributed by atoms with E-state index in [2.05, 4.69) is 27.7 Å². The summed E-state index contributed by atoms with van der Waals surface area (Å²) in [6.45, 7) is 9.53. The first-order valence-corrected chi connectivity index (χ1v) is 6.17. The molecule has 0 aliphatic heterocycles. The van der Waals surface area contributed by atoms with Gasteiger partial charge in [-0.3, -0.25) is 0 Å². The van der Waals surface area contributed by atoms with E-state index in [1.54, 1.807) is 0 Å². The van der Waals surface area contributed by atoms with Gasteiger partial charge in [0.25, 0.3) is 0 Å². The number of hydrogen-bond acceptors (Lipinski definition) is 0. The zero-order valence-electron chi connectivity index (χ0n) is 9.84. The predicted molar refractivity (Wildman–Crippen MR) is 59.7 cm³/mol. The maximum atomic E-state index is 2.43. The third kappa shape index (κ3) is 3.00. The van der Waals surface area contributed by atoms with Crippen LogP contribution in [-0.2, 0) is 0 Å². The monoisotopic (exact) mass is 182 g/mol. The van der Waals surface area contributed by atoms with Crippen LogP contribution in [0.3, 0.4) is 0 Å². The first kappa shape index (κ1) is 11.1. The minimum Gasteiger partial charge on any atom is -0.0651 e. The Labute approximate surface area is 84.1 Å². The van der Waals surface area contributed by atoms with Gasteiger partial charge in [-0.25, -0.2) is 0 Å². The van der Waals surface area contributed by atoms with Gasteiger partial charge in [-0.15, -0.1) is 0 Å². The summed E-state index contributed by atoms with van der Waals surface area (Å²) in [6, 6.07) is 0. The fraction of sp³-hybridized carbons (Fsp3) is 1.00. The quantitative estimate of drug-likeness (QED) is 0.600. The fourth-order valence-corrected chi connectivity index (χ4v) is 2.99. The van der Waals surface area contributed by atoms with E-state index in [0.717, 1.165) is 23.7 Å². The second-order valence-electron chi connectivity index (χ2n) is 5.25. The van der Waals surface area contributed by atoms with E-state index in [1.807, 2.05) is 0 Å². The van der Waals surface area contributed by atoms with Crippen LogP contribution in [0.1, 0.15) is 59.8 Å². The van der Waals surface area contributed by atoms with Gasteiger partial charge in [-0.1, -0.05) is 40.5 Å². The topological polar surface area (TPSA) is 0 Å². The van der Waals surface area contributed by atoms with Crippen LogP contribution >= 0.6 is 0 Å². The third-order valence-corrected chi connectivity index (χ3v) is 4.00. The van der Waals surface area contributed by atoms with Gasteiger partial charge in [0.2, 0.25) is 0 Å². The van der Waals surface area contributed by atoms with Crippen molar-refractivity contribution in [3.05, 3.63) is 0 Å². The zero-order valence-corrected chi connectivity index (χ0v) is 9.84. The lowest BCUT2D eigenvalue weighted by Crippen LogP contribution is -2.10. The standard InChI is InChI=1S/C13H26/c1-5-10(3)7-13-9-11(4)8-12(13)6-2/h10-13H,5-9H2,1-4H3. The third-order valence-electron chi connectivity index (χ3n) is 4.00. The van der Waals surface area contributed by atoms with Gasteiger partial charge >= 0.3 is 0 Å². The van der Waals surface area contributed by atoms with E-state index in [-0.39, 0.29) is 0 Å². The van der Waals surface area contributed by atoms with Crippen molar-refractivity contribution in [2.75, 3.05) is 0 Å². The molecule has 78 valence electrons. The molecular weight excluding hydrogens is 156 g/mol. The van der Waals surface area contributed by atoms with Gasteiger partial charge in [-0.2, -0.15) is 0 Å². The average molecular weight is 182 g/mol. The Balaban J connectivity index is 2.39. The van der Waals surface area contributed by atoms with Crippen LogP contribution in [0.2, 0.25) is 0 Å². The Hall–Kier alpha value is 0. The van der Waals surface area contributed by atoms with E-state index in [0.29, 0.717) is 0 Å². The Bertz CT molecular complexity index is 139. The molecular formula is C13H26. The van der Waals surface area contributed by atoms with E-state index < -0.39 is 0 Å². The molecule has 0 nitrogen and oxygen atoms in total. The Morgan fingerprint density at radius 1 is 1.15 bits per heavy atom. The van der Waals surface area contributed by atoms with Crippen LogP contribution in [0.5, 0.6) is 0 Å². The minimum atomic E-state index is 0.948. The average Bonchev–Trinajstić information content (AvgIpc) is 2.46. The van der Waals surface area contributed by atoms with Gasteiger partial charge in [0, 0.05) is 0 Å². The van der Waals surface area contributed by atoms with Crippen LogP contribution in [0.25, 0.3) is 0 Å². The number of rotatable bonds is 4. The van der Waals surface area contributed by atoms with Crippen LogP contribution in [-0.4, -0.2) is 0 Å². The summed E-state index contributed by atoms with van der Waals surface area (Å²) >= 11 is 0.